The average molecular weight is 266 g/mol. The molecule has 0 spiro atoms. The third-order valence-corrected chi connectivity index (χ3v) is 3.43. The Morgan fingerprint density at radius 3 is 2.80 bits per heavy atom. The zero-order valence-corrected chi connectivity index (χ0v) is 11.3. The van der Waals surface area contributed by atoms with E-state index in [0.29, 0.717) is 5.69 Å². The zero-order valence-electron chi connectivity index (χ0n) is 11.3. The van der Waals surface area contributed by atoms with Gasteiger partial charge >= 0.3 is 5.97 Å². The van der Waals surface area contributed by atoms with Gasteiger partial charge in [0.05, 0.1) is 11.3 Å². The molecule has 0 unspecified atom stereocenters. The number of carboxylic acids is 1. The molecular formula is C16H14N2O2. The lowest BCUT2D eigenvalue weighted by molar-refractivity contribution is 0.0697. The van der Waals surface area contributed by atoms with E-state index in [2.05, 4.69) is 24.0 Å². The average Bonchev–Trinajstić information content (AvgIpc) is 2.76. The first-order chi connectivity index (χ1) is 9.56. The van der Waals surface area contributed by atoms with Crippen molar-refractivity contribution in [2.45, 2.75) is 6.92 Å². The molecule has 2 aromatic heterocycles. The molecule has 0 atom stereocenters. The summed E-state index contributed by atoms with van der Waals surface area (Å²) in [6, 6.07) is 9.32. The van der Waals surface area contributed by atoms with Crippen molar-refractivity contribution in [1.82, 2.24) is 9.55 Å². The van der Waals surface area contributed by atoms with Gasteiger partial charge in [-0.2, -0.15) is 0 Å². The van der Waals surface area contributed by atoms with Gasteiger partial charge in [-0.05, 0) is 30.7 Å². The number of fused-ring (bicyclic) bond motifs is 1. The van der Waals surface area contributed by atoms with Crippen molar-refractivity contribution in [2.75, 3.05) is 0 Å². The van der Waals surface area contributed by atoms with Crippen molar-refractivity contribution in [3.63, 3.8) is 0 Å². The predicted octanol–water partition coefficient (Wildman–Crippen LogP) is 3.25. The van der Waals surface area contributed by atoms with Gasteiger partial charge in [0.15, 0.2) is 0 Å². The van der Waals surface area contributed by atoms with Gasteiger partial charge in [0, 0.05) is 35.9 Å². The molecule has 4 heteroatoms. The summed E-state index contributed by atoms with van der Waals surface area (Å²) in [5.41, 5.74) is 4.18. The number of nitrogens with zero attached hydrogens (tertiary/aromatic N) is 2. The molecule has 0 aliphatic heterocycles. The van der Waals surface area contributed by atoms with Gasteiger partial charge in [0.25, 0.3) is 0 Å². The normalized spacial score (nSPS) is 10.9. The molecule has 4 nitrogen and oxygen atoms in total. The summed E-state index contributed by atoms with van der Waals surface area (Å²) in [7, 11) is 1.98. The van der Waals surface area contributed by atoms with E-state index in [1.807, 2.05) is 23.9 Å². The Morgan fingerprint density at radius 2 is 2.05 bits per heavy atom. The van der Waals surface area contributed by atoms with Crippen LogP contribution in [0.1, 0.15) is 15.9 Å². The minimum atomic E-state index is -0.940. The molecule has 100 valence electrons. The third-order valence-electron chi connectivity index (χ3n) is 3.43. The van der Waals surface area contributed by atoms with Gasteiger partial charge in [-0.3, -0.25) is 4.98 Å². The Hall–Kier alpha value is -2.62. The van der Waals surface area contributed by atoms with E-state index in [9.17, 15) is 4.79 Å². The predicted molar refractivity (Wildman–Crippen MR) is 77.8 cm³/mol. The summed E-state index contributed by atoms with van der Waals surface area (Å²) in [6.07, 6.45) is 3.52. The second-order valence-corrected chi connectivity index (χ2v) is 4.91. The first-order valence-electron chi connectivity index (χ1n) is 6.31. The molecule has 3 rings (SSSR count). The number of hydrogen-bond acceptors (Lipinski definition) is 2. The van der Waals surface area contributed by atoms with Crippen LogP contribution >= 0.6 is 0 Å². The second-order valence-electron chi connectivity index (χ2n) is 4.91. The number of hydrogen-bond donors (Lipinski definition) is 1. The molecule has 0 aliphatic rings. The highest BCUT2D eigenvalue weighted by atomic mass is 16.4. The highest BCUT2D eigenvalue weighted by Gasteiger charge is 2.12. The zero-order chi connectivity index (χ0) is 14.3. The maximum atomic E-state index is 11.1. The largest absolute Gasteiger partial charge is 0.478 e. The van der Waals surface area contributed by atoms with Gasteiger partial charge in [-0.1, -0.05) is 12.1 Å². The van der Waals surface area contributed by atoms with Crippen molar-refractivity contribution in [3.8, 4) is 11.3 Å². The molecule has 3 aromatic rings. The van der Waals surface area contributed by atoms with Gasteiger partial charge in [0.2, 0.25) is 0 Å². The molecule has 0 saturated carbocycles. The van der Waals surface area contributed by atoms with Crippen LogP contribution in [0.4, 0.5) is 0 Å². The van der Waals surface area contributed by atoms with Crippen LogP contribution in [0.3, 0.4) is 0 Å². The molecule has 0 fully saturated rings. The second kappa shape index (κ2) is 4.49. The minimum Gasteiger partial charge on any atom is -0.478 e. The molecule has 0 bridgehead atoms. The summed E-state index contributed by atoms with van der Waals surface area (Å²) < 4.78 is 2.03. The number of pyridine rings is 1. The van der Waals surface area contributed by atoms with Gasteiger partial charge < -0.3 is 9.67 Å². The van der Waals surface area contributed by atoms with Gasteiger partial charge in [-0.15, -0.1) is 0 Å². The standard InChI is InChI=1S/C16H14N2O2/c1-10-3-4-12-13(9-18(2)15(12)7-10)14-8-11(16(19)20)5-6-17-14/h3-9H,1-2H3,(H,19,20). The molecular weight excluding hydrogens is 252 g/mol. The molecule has 2 heterocycles. The van der Waals surface area contributed by atoms with Crippen LogP contribution in [-0.2, 0) is 7.05 Å². The summed E-state index contributed by atoms with van der Waals surface area (Å²) >= 11 is 0. The first-order valence-corrected chi connectivity index (χ1v) is 6.31. The number of carbonyl (C=O) groups is 1. The Bertz CT molecular complexity index is 818. The van der Waals surface area contributed by atoms with Crippen molar-refractivity contribution < 1.29 is 9.90 Å². The highest BCUT2D eigenvalue weighted by Crippen LogP contribution is 2.29. The van der Waals surface area contributed by atoms with Crippen LogP contribution in [0.2, 0.25) is 0 Å². The van der Waals surface area contributed by atoms with Crippen molar-refractivity contribution in [2.24, 2.45) is 7.05 Å². The Labute approximate surface area is 116 Å². The van der Waals surface area contributed by atoms with Crippen LogP contribution in [-0.4, -0.2) is 20.6 Å². The smallest absolute Gasteiger partial charge is 0.335 e. The van der Waals surface area contributed by atoms with Gasteiger partial charge in [0.1, 0.15) is 0 Å². The number of benzene rings is 1. The van der Waals surface area contributed by atoms with Crippen LogP contribution in [0.25, 0.3) is 22.2 Å². The Morgan fingerprint density at radius 1 is 1.25 bits per heavy atom. The number of rotatable bonds is 2. The van der Waals surface area contributed by atoms with E-state index in [4.69, 9.17) is 5.11 Å². The van der Waals surface area contributed by atoms with Crippen molar-refractivity contribution >= 4 is 16.9 Å². The fourth-order valence-corrected chi connectivity index (χ4v) is 2.41. The maximum absolute atomic E-state index is 11.1. The van der Waals surface area contributed by atoms with Crippen LogP contribution in [0, 0.1) is 6.92 Å². The summed E-state index contributed by atoms with van der Waals surface area (Å²) in [6.45, 7) is 2.05. The topological polar surface area (TPSA) is 55.1 Å². The van der Waals surface area contributed by atoms with E-state index in [-0.39, 0.29) is 5.56 Å². The van der Waals surface area contributed by atoms with Crippen LogP contribution < -0.4 is 0 Å². The molecule has 0 radical (unpaired) electrons. The molecule has 1 aromatic carbocycles. The SMILES string of the molecule is Cc1ccc2c(-c3cc(C(=O)O)ccn3)cn(C)c2c1. The lowest BCUT2D eigenvalue weighted by Crippen LogP contribution is -1.97. The molecule has 0 aliphatic carbocycles. The Balaban J connectivity index is 2.24. The van der Waals surface area contributed by atoms with Crippen molar-refractivity contribution in [3.05, 3.63) is 53.9 Å². The Kier molecular flexibility index (Phi) is 2.79. The van der Waals surface area contributed by atoms with Crippen LogP contribution in [0.15, 0.2) is 42.7 Å². The van der Waals surface area contributed by atoms with Gasteiger partial charge in [-0.25, -0.2) is 4.79 Å². The summed E-state index contributed by atoms with van der Waals surface area (Å²) in [4.78, 5) is 15.4. The van der Waals surface area contributed by atoms with E-state index < -0.39 is 5.97 Å². The monoisotopic (exact) mass is 266 g/mol. The summed E-state index contributed by atoms with van der Waals surface area (Å²) in [5, 5.41) is 10.2. The minimum absolute atomic E-state index is 0.249. The molecule has 1 N–H and O–H groups in total. The number of aromatic carboxylic acids is 1. The van der Waals surface area contributed by atoms with E-state index in [1.54, 1.807) is 6.07 Å². The van der Waals surface area contributed by atoms with Crippen LogP contribution in [0.5, 0.6) is 0 Å². The number of carboxylic acid groups (broad SMARTS) is 1. The fourth-order valence-electron chi connectivity index (χ4n) is 2.41. The molecule has 20 heavy (non-hydrogen) atoms. The first kappa shape index (κ1) is 12.4. The lowest BCUT2D eigenvalue weighted by atomic mass is 10.1. The molecule has 0 saturated heterocycles. The lowest BCUT2D eigenvalue weighted by Gasteiger charge is -2.01. The van der Waals surface area contributed by atoms with Crippen molar-refractivity contribution in [1.29, 1.82) is 0 Å². The third kappa shape index (κ3) is 1.95. The quantitative estimate of drug-likeness (QED) is 0.774. The highest BCUT2D eigenvalue weighted by molar-refractivity contribution is 5.97. The number of aromatic nitrogens is 2. The van der Waals surface area contributed by atoms with E-state index in [1.165, 1.54) is 17.8 Å². The van der Waals surface area contributed by atoms with E-state index in [0.717, 1.165) is 16.5 Å². The summed E-state index contributed by atoms with van der Waals surface area (Å²) in [5.74, 6) is -0.940. The van der Waals surface area contributed by atoms with E-state index >= 15 is 0 Å². The fraction of sp³-hybridized carbons (Fsp3) is 0.125. The number of aryl methyl sites for hydroxylation is 2. The maximum Gasteiger partial charge on any atom is 0.335 e. The molecule has 0 amide bonds.